The van der Waals surface area contributed by atoms with E-state index in [2.05, 4.69) is 4.98 Å². The average Bonchev–Trinajstić information content (AvgIpc) is 2.36. The zero-order valence-corrected chi connectivity index (χ0v) is 10.9. The van der Waals surface area contributed by atoms with Gasteiger partial charge in [0.15, 0.2) is 0 Å². The Morgan fingerprint density at radius 2 is 1.82 bits per heavy atom. The highest BCUT2D eigenvalue weighted by Crippen LogP contribution is 2.38. The summed E-state index contributed by atoms with van der Waals surface area (Å²) in [4.78, 5) is 4.21. The van der Waals surface area contributed by atoms with Gasteiger partial charge in [-0.15, -0.1) is 0 Å². The molecule has 1 heterocycles. The van der Waals surface area contributed by atoms with Crippen molar-refractivity contribution in [2.24, 2.45) is 0 Å². The fourth-order valence-electron chi connectivity index (χ4n) is 1.52. The predicted molar refractivity (Wildman–Crippen MR) is 70.6 cm³/mol. The van der Waals surface area contributed by atoms with Gasteiger partial charge in [-0.25, -0.2) is 0 Å². The lowest BCUT2D eigenvalue weighted by atomic mass is 10.1. The minimum atomic E-state index is -0.111. The van der Waals surface area contributed by atoms with Crippen LogP contribution in [0, 0.1) is 0 Å². The molecule has 0 saturated heterocycles. The maximum Gasteiger partial charge on any atom is 0.0785 e. The van der Waals surface area contributed by atoms with Gasteiger partial charge >= 0.3 is 0 Å². The Labute approximate surface area is 114 Å². The van der Waals surface area contributed by atoms with Crippen LogP contribution in [0.15, 0.2) is 30.5 Å². The molecule has 1 N–H and O–H groups in total. The molecular weight excluding hydrogens is 280 g/mol. The molecule has 0 amide bonds. The zero-order valence-electron chi connectivity index (χ0n) is 8.62. The summed E-state index contributed by atoms with van der Waals surface area (Å²) in [5, 5.41) is 10.3. The second kappa shape index (κ2) is 5.23. The van der Waals surface area contributed by atoms with Gasteiger partial charge < -0.3 is 5.11 Å². The summed E-state index contributed by atoms with van der Waals surface area (Å²) in [6.07, 6.45) is 1.63. The van der Waals surface area contributed by atoms with Crippen molar-refractivity contribution in [1.29, 1.82) is 0 Å². The first kappa shape index (κ1) is 12.7. The van der Waals surface area contributed by atoms with E-state index >= 15 is 0 Å². The maximum atomic E-state index is 9.25. The predicted octanol–water partition coefficient (Wildman–Crippen LogP) is 4.20. The topological polar surface area (TPSA) is 33.1 Å². The number of halogens is 3. The molecule has 1 aromatic carbocycles. The Balaban J connectivity index is 2.65. The third-order valence-corrected chi connectivity index (χ3v) is 3.65. The van der Waals surface area contributed by atoms with Gasteiger partial charge in [0.2, 0.25) is 0 Å². The molecule has 0 atom stereocenters. The summed E-state index contributed by atoms with van der Waals surface area (Å²) in [5.41, 5.74) is 1.96. The van der Waals surface area contributed by atoms with E-state index in [9.17, 15) is 5.11 Å². The van der Waals surface area contributed by atoms with Gasteiger partial charge in [0, 0.05) is 17.3 Å². The van der Waals surface area contributed by atoms with E-state index in [0.717, 1.165) is 0 Å². The van der Waals surface area contributed by atoms with Crippen LogP contribution >= 0.6 is 34.8 Å². The van der Waals surface area contributed by atoms with Crippen molar-refractivity contribution < 1.29 is 5.11 Å². The molecule has 0 spiro atoms. The van der Waals surface area contributed by atoms with E-state index in [1.54, 1.807) is 30.5 Å². The van der Waals surface area contributed by atoms with Crippen LogP contribution in [-0.2, 0) is 6.61 Å². The lowest BCUT2D eigenvalue weighted by Gasteiger charge is -2.09. The molecule has 0 bridgehead atoms. The van der Waals surface area contributed by atoms with Gasteiger partial charge in [-0.3, -0.25) is 4.98 Å². The van der Waals surface area contributed by atoms with E-state index in [1.165, 1.54) is 0 Å². The van der Waals surface area contributed by atoms with Crippen LogP contribution in [0.3, 0.4) is 0 Å². The van der Waals surface area contributed by atoms with E-state index in [4.69, 9.17) is 34.8 Å². The molecule has 17 heavy (non-hydrogen) atoms. The quantitative estimate of drug-likeness (QED) is 0.840. The van der Waals surface area contributed by atoms with Crippen molar-refractivity contribution in [3.05, 3.63) is 51.1 Å². The van der Waals surface area contributed by atoms with Crippen molar-refractivity contribution in [2.45, 2.75) is 6.61 Å². The number of benzene rings is 1. The smallest absolute Gasteiger partial charge is 0.0785 e. The highest BCUT2D eigenvalue weighted by atomic mass is 35.5. The molecule has 0 fully saturated rings. The van der Waals surface area contributed by atoms with Crippen LogP contribution in [-0.4, -0.2) is 10.1 Å². The molecule has 0 radical (unpaired) electrons. The first-order valence-corrected chi connectivity index (χ1v) is 5.97. The number of aromatic nitrogens is 1. The molecule has 0 aliphatic rings. The van der Waals surface area contributed by atoms with Gasteiger partial charge in [-0.05, 0) is 18.2 Å². The normalized spacial score (nSPS) is 10.6. The number of pyridine rings is 1. The highest BCUT2D eigenvalue weighted by molar-refractivity contribution is 6.49. The van der Waals surface area contributed by atoms with Gasteiger partial charge in [-0.1, -0.05) is 40.9 Å². The van der Waals surface area contributed by atoms with Gasteiger partial charge in [0.25, 0.3) is 0 Å². The molecule has 2 rings (SSSR count). The first-order valence-electron chi connectivity index (χ1n) is 4.83. The average molecular weight is 289 g/mol. The largest absolute Gasteiger partial charge is 0.392 e. The number of nitrogens with zero attached hydrogens (tertiary/aromatic N) is 1. The molecule has 2 nitrogen and oxygen atoms in total. The highest BCUT2D eigenvalue weighted by Gasteiger charge is 2.13. The van der Waals surface area contributed by atoms with Crippen molar-refractivity contribution in [2.75, 3.05) is 0 Å². The van der Waals surface area contributed by atoms with E-state index in [0.29, 0.717) is 31.9 Å². The fourth-order valence-corrected chi connectivity index (χ4v) is 2.14. The maximum absolute atomic E-state index is 9.25. The monoisotopic (exact) mass is 287 g/mol. The molecule has 1 aromatic heterocycles. The molecule has 5 heteroatoms. The second-order valence-corrected chi connectivity index (χ2v) is 4.56. The Hall–Kier alpha value is -0.800. The number of aliphatic hydroxyl groups excluding tert-OH is 1. The molecule has 88 valence electrons. The van der Waals surface area contributed by atoms with Crippen LogP contribution in [0.5, 0.6) is 0 Å². The second-order valence-electron chi connectivity index (χ2n) is 3.39. The summed E-state index contributed by atoms with van der Waals surface area (Å²) < 4.78 is 0. The zero-order chi connectivity index (χ0) is 12.4. The lowest BCUT2D eigenvalue weighted by Crippen LogP contribution is -1.93. The number of hydrogen-bond acceptors (Lipinski definition) is 2. The standard InChI is InChI=1S/C12H8Cl3NO/c13-9-4-3-8(10(14)11(9)15)12-7(6-17)2-1-5-16-12/h1-5,17H,6H2. The SMILES string of the molecule is OCc1cccnc1-c1ccc(Cl)c(Cl)c1Cl. The summed E-state index contributed by atoms with van der Waals surface area (Å²) in [7, 11) is 0. The van der Waals surface area contributed by atoms with Crippen molar-refractivity contribution >= 4 is 34.8 Å². The van der Waals surface area contributed by atoms with E-state index in [1.807, 2.05) is 0 Å². The summed E-state index contributed by atoms with van der Waals surface area (Å²) >= 11 is 18.0. The van der Waals surface area contributed by atoms with Crippen LogP contribution in [0.1, 0.15) is 5.56 Å². The Morgan fingerprint density at radius 3 is 2.53 bits per heavy atom. The number of rotatable bonds is 2. The van der Waals surface area contributed by atoms with Gasteiger partial charge in [-0.2, -0.15) is 0 Å². The van der Waals surface area contributed by atoms with Crippen molar-refractivity contribution in [3.8, 4) is 11.3 Å². The van der Waals surface area contributed by atoms with Crippen molar-refractivity contribution in [1.82, 2.24) is 4.98 Å². The number of hydrogen-bond donors (Lipinski definition) is 1. The lowest BCUT2D eigenvalue weighted by molar-refractivity contribution is 0.282. The summed E-state index contributed by atoms with van der Waals surface area (Å²) in [6.45, 7) is -0.111. The summed E-state index contributed by atoms with van der Waals surface area (Å²) in [6, 6.07) is 6.92. The third kappa shape index (κ3) is 2.40. The fraction of sp³-hybridized carbons (Fsp3) is 0.0833. The van der Waals surface area contributed by atoms with Crippen LogP contribution in [0.2, 0.25) is 15.1 Å². The minimum Gasteiger partial charge on any atom is -0.392 e. The Morgan fingerprint density at radius 1 is 1.06 bits per heavy atom. The van der Waals surface area contributed by atoms with Crippen LogP contribution in [0.25, 0.3) is 11.3 Å². The van der Waals surface area contributed by atoms with Gasteiger partial charge in [0.05, 0.1) is 27.4 Å². The van der Waals surface area contributed by atoms with E-state index in [-0.39, 0.29) is 6.61 Å². The molecule has 0 aliphatic heterocycles. The molecule has 0 unspecified atom stereocenters. The van der Waals surface area contributed by atoms with Crippen molar-refractivity contribution in [3.63, 3.8) is 0 Å². The van der Waals surface area contributed by atoms with Gasteiger partial charge in [0.1, 0.15) is 0 Å². The molecule has 0 aliphatic carbocycles. The third-order valence-electron chi connectivity index (χ3n) is 2.35. The summed E-state index contributed by atoms with van der Waals surface area (Å²) in [5.74, 6) is 0. The molecule has 2 aromatic rings. The molecule has 0 saturated carbocycles. The van der Waals surface area contributed by atoms with E-state index < -0.39 is 0 Å². The minimum absolute atomic E-state index is 0.111. The Bertz CT molecular complexity index is 557. The molecular formula is C12H8Cl3NO. The van der Waals surface area contributed by atoms with Crippen LogP contribution < -0.4 is 0 Å². The van der Waals surface area contributed by atoms with Crippen LogP contribution in [0.4, 0.5) is 0 Å². The Kier molecular flexibility index (Phi) is 3.89. The first-order chi connectivity index (χ1) is 8.15. The number of aliphatic hydroxyl groups is 1.